The summed E-state index contributed by atoms with van der Waals surface area (Å²) >= 11 is 1.49. The SMILES string of the molecule is Cc1ccc(NC(=O)Cc2nc(-c3ccc(F)cc3)c(C)s2)cc1. The van der Waals surface area contributed by atoms with E-state index in [1.165, 1.54) is 23.5 Å². The number of rotatable bonds is 4. The molecule has 1 aromatic heterocycles. The van der Waals surface area contributed by atoms with Gasteiger partial charge in [-0.1, -0.05) is 17.7 Å². The lowest BCUT2D eigenvalue weighted by Gasteiger charge is -2.04. The molecule has 1 amide bonds. The van der Waals surface area contributed by atoms with Crippen LogP contribution in [0.4, 0.5) is 10.1 Å². The lowest BCUT2D eigenvalue weighted by Crippen LogP contribution is -2.14. The zero-order valence-corrected chi connectivity index (χ0v) is 14.3. The number of carbonyl (C=O) groups excluding carboxylic acids is 1. The summed E-state index contributed by atoms with van der Waals surface area (Å²) in [4.78, 5) is 17.7. The standard InChI is InChI=1S/C19H17FN2OS/c1-12-3-9-16(10-4-12)21-17(23)11-18-22-19(13(2)24-18)14-5-7-15(20)8-6-14/h3-10H,11H2,1-2H3,(H,21,23). The molecule has 122 valence electrons. The largest absolute Gasteiger partial charge is 0.326 e. The summed E-state index contributed by atoms with van der Waals surface area (Å²) in [5, 5.41) is 3.62. The number of hydrogen-bond donors (Lipinski definition) is 1. The van der Waals surface area contributed by atoms with Crippen molar-refractivity contribution < 1.29 is 9.18 Å². The molecule has 0 saturated carbocycles. The second-order valence-electron chi connectivity index (χ2n) is 5.61. The van der Waals surface area contributed by atoms with Crippen molar-refractivity contribution >= 4 is 22.9 Å². The molecule has 24 heavy (non-hydrogen) atoms. The van der Waals surface area contributed by atoms with Crippen molar-refractivity contribution in [1.29, 1.82) is 0 Å². The van der Waals surface area contributed by atoms with Gasteiger partial charge >= 0.3 is 0 Å². The Bertz CT molecular complexity index is 854. The number of nitrogens with zero attached hydrogens (tertiary/aromatic N) is 1. The fraction of sp³-hybridized carbons (Fsp3) is 0.158. The Labute approximate surface area is 144 Å². The molecule has 1 heterocycles. The summed E-state index contributed by atoms with van der Waals surface area (Å²) in [7, 11) is 0. The highest BCUT2D eigenvalue weighted by Crippen LogP contribution is 2.28. The summed E-state index contributed by atoms with van der Waals surface area (Å²) in [6.45, 7) is 3.96. The van der Waals surface area contributed by atoms with Gasteiger partial charge in [0.2, 0.25) is 5.91 Å². The molecule has 0 aliphatic rings. The molecule has 3 nitrogen and oxygen atoms in total. The van der Waals surface area contributed by atoms with Gasteiger partial charge in [-0.25, -0.2) is 9.37 Å². The summed E-state index contributed by atoms with van der Waals surface area (Å²) in [6.07, 6.45) is 0.223. The topological polar surface area (TPSA) is 42.0 Å². The number of amides is 1. The highest BCUT2D eigenvalue weighted by Gasteiger charge is 2.13. The van der Waals surface area contributed by atoms with Gasteiger partial charge in [-0.3, -0.25) is 4.79 Å². The lowest BCUT2D eigenvalue weighted by atomic mass is 10.1. The van der Waals surface area contributed by atoms with Crippen LogP contribution in [0.2, 0.25) is 0 Å². The molecule has 0 atom stereocenters. The van der Waals surface area contributed by atoms with E-state index in [1.54, 1.807) is 12.1 Å². The van der Waals surface area contributed by atoms with Crippen molar-refractivity contribution in [2.24, 2.45) is 0 Å². The second kappa shape index (κ2) is 6.93. The Kier molecular flexibility index (Phi) is 4.71. The first-order valence-corrected chi connectivity index (χ1v) is 8.41. The number of halogens is 1. The number of aromatic nitrogens is 1. The van der Waals surface area contributed by atoms with E-state index in [1.807, 2.05) is 38.1 Å². The van der Waals surface area contributed by atoms with Crippen LogP contribution in [0.15, 0.2) is 48.5 Å². The predicted molar refractivity (Wildman–Crippen MR) is 95.8 cm³/mol. The van der Waals surface area contributed by atoms with Gasteiger partial charge in [0.1, 0.15) is 10.8 Å². The van der Waals surface area contributed by atoms with Crippen molar-refractivity contribution in [2.45, 2.75) is 20.3 Å². The highest BCUT2D eigenvalue weighted by molar-refractivity contribution is 7.12. The van der Waals surface area contributed by atoms with Crippen LogP contribution in [0, 0.1) is 19.7 Å². The zero-order valence-electron chi connectivity index (χ0n) is 13.5. The van der Waals surface area contributed by atoms with Crippen LogP contribution in [-0.2, 0) is 11.2 Å². The molecule has 0 unspecified atom stereocenters. The normalized spacial score (nSPS) is 10.6. The summed E-state index contributed by atoms with van der Waals surface area (Å²) in [5.74, 6) is -0.373. The molecule has 0 radical (unpaired) electrons. The molecule has 2 aromatic carbocycles. The Balaban J connectivity index is 1.71. The Morgan fingerprint density at radius 1 is 1.08 bits per heavy atom. The molecule has 1 N–H and O–H groups in total. The molecule has 3 rings (SSSR count). The zero-order chi connectivity index (χ0) is 17.1. The van der Waals surface area contributed by atoms with Crippen LogP contribution in [0.1, 0.15) is 15.4 Å². The minimum Gasteiger partial charge on any atom is -0.326 e. The first kappa shape index (κ1) is 16.3. The lowest BCUT2D eigenvalue weighted by molar-refractivity contribution is -0.115. The Morgan fingerprint density at radius 2 is 1.75 bits per heavy atom. The number of aryl methyl sites for hydroxylation is 2. The van der Waals surface area contributed by atoms with E-state index in [0.717, 1.165) is 32.4 Å². The molecule has 0 aliphatic heterocycles. The van der Waals surface area contributed by atoms with Gasteiger partial charge < -0.3 is 5.32 Å². The van der Waals surface area contributed by atoms with E-state index >= 15 is 0 Å². The van der Waals surface area contributed by atoms with E-state index < -0.39 is 0 Å². The van der Waals surface area contributed by atoms with Gasteiger partial charge in [0.05, 0.1) is 12.1 Å². The minimum absolute atomic E-state index is 0.0988. The fourth-order valence-corrected chi connectivity index (χ4v) is 3.34. The van der Waals surface area contributed by atoms with Gasteiger partial charge in [0.25, 0.3) is 0 Å². The first-order valence-electron chi connectivity index (χ1n) is 7.60. The third-order valence-electron chi connectivity index (χ3n) is 3.61. The first-order chi connectivity index (χ1) is 11.5. The third kappa shape index (κ3) is 3.86. The number of anilines is 1. The fourth-order valence-electron chi connectivity index (χ4n) is 2.38. The number of carbonyl (C=O) groups is 1. The maximum Gasteiger partial charge on any atom is 0.231 e. The van der Waals surface area contributed by atoms with Crippen LogP contribution >= 0.6 is 11.3 Å². The van der Waals surface area contributed by atoms with E-state index in [2.05, 4.69) is 10.3 Å². The van der Waals surface area contributed by atoms with Crippen LogP contribution < -0.4 is 5.32 Å². The summed E-state index contributed by atoms with van der Waals surface area (Å²) < 4.78 is 13.0. The maximum atomic E-state index is 13.0. The van der Waals surface area contributed by atoms with Crippen LogP contribution in [-0.4, -0.2) is 10.9 Å². The molecule has 0 bridgehead atoms. The van der Waals surface area contributed by atoms with Crippen molar-refractivity contribution in [3.63, 3.8) is 0 Å². The van der Waals surface area contributed by atoms with Crippen molar-refractivity contribution in [3.8, 4) is 11.3 Å². The molecular formula is C19H17FN2OS. The van der Waals surface area contributed by atoms with E-state index in [-0.39, 0.29) is 18.1 Å². The predicted octanol–water partition coefficient (Wildman–Crippen LogP) is 4.75. The molecule has 5 heteroatoms. The molecular weight excluding hydrogens is 323 g/mol. The van der Waals surface area contributed by atoms with Crippen LogP contribution in [0.3, 0.4) is 0 Å². The average molecular weight is 340 g/mol. The van der Waals surface area contributed by atoms with Gasteiger partial charge in [-0.2, -0.15) is 0 Å². The Morgan fingerprint density at radius 3 is 2.42 bits per heavy atom. The summed E-state index contributed by atoms with van der Waals surface area (Å²) in [6, 6.07) is 13.9. The quantitative estimate of drug-likeness (QED) is 0.745. The molecule has 0 aliphatic carbocycles. The smallest absolute Gasteiger partial charge is 0.231 e. The van der Waals surface area contributed by atoms with Crippen LogP contribution in [0.5, 0.6) is 0 Å². The molecule has 3 aromatic rings. The summed E-state index contributed by atoms with van der Waals surface area (Å²) in [5.41, 5.74) is 3.58. The number of hydrogen-bond acceptors (Lipinski definition) is 3. The van der Waals surface area contributed by atoms with Crippen molar-refractivity contribution in [3.05, 3.63) is 69.8 Å². The van der Waals surface area contributed by atoms with Gasteiger partial charge in [-0.05, 0) is 50.2 Å². The number of nitrogens with one attached hydrogen (secondary N) is 1. The van der Waals surface area contributed by atoms with Gasteiger partial charge in [-0.15, -0.1) is 11.3 Å². The maximum absolute atomic E-state index is 13.0. The van der Waals surface area contributed by atoms with Crippen molar-refractivity contribution in [1.82, 2.24) is 4.98 Å². The van der Waals surface area contributed by atoms with Gasteiger partial charge in [0.15, 0.2) is 0 Å². The van der Waals surface area contributed by atoms with Crippen LogP contribution in [0.25, 0.3) is 11.3 Å². The minimum atomic E-state index is -0.274. The number of benzene rings is 2. The molecule has 0 saturated heterocycles. The second-order valence-corrected chi connectivity index (χ2v) is 6.90. The highest BCUT2D eigenvalue weighted by atomic mass is 32.1. The molecule has 0 fully saturated rings. The van der Waals surface area contributed by atoms with E-state index in [0.29, 0.717) is 0 Å². The van der Waals surface area contributed by atoms with E-state index in [9.17, 15) is 9.18 Å². The van der Waals surface area contributed by atoms with Gasteiger partial charge in [0, 0.05) is 16.1 Å². The van der Waals surface area contributed by atoms with Crippen molar-refractivity contribution in [2.75, 3.05) is 5.32 Å². The Hall–Kier alpha value is -2.53. The monoisotopic (exact) mass is 340 g/mol. The number of thiazole rings is 1. The molecule has 0 spiro atoms. The third-order valence-corrected chi connectivity index (χ3v) is 4.58. The average Bonchev–Trinajstić information content (AvgIpc) is 2.90. The van der Waals surface area contributed by atoms with E-state index in [4.69, 9.17) is 0 Å².